The smallest absolute Gasteiger partial charge is 0.252 e. The second-order valence-electron chi connectivity index (χ2n) is 6.65. The van der Waals surface area contributed by atoms with E-state index in [9.17, 15) is 9.18 Å². The molecule has 4 nitrogen and oxygen atoms in total. The van der Waals surface area contributed by atoms with E-state index in [4.69, 9.17) is 4.74 Å². The molecule has 148 valence electrons. The third-order valence-corrected chi connectivity index (χ3v) is 4.56. The normalized spacial score (nSPS) is 11.5. The van der Waals surface area contributed by atoms with E-state index < -0.39 is 0 Å². The Morgan fingerprint density at radius 3 is 2.07 bits per heavy atom. The standard InChI is InChI=1S/C25H19FN2O2/c26-20-11-15-22(16-12-20)30-21-13-9-19(10-14-21)25(29)28-24(18-6-2-1-3-7-18)23-8-4-5-17-27-23/h1-17,24H,(H,28,29). The number of carbonyl (C=O) groups excluding carboxylic acids is 1. The van der Waals surface area contributed by atoms with Crippen molar-refractivity contribution >= 4 is 5.91 Å². The Hall–Kier alpha value is -3.99. The van der Waals surface area contributed by atoms with Gasteiger partial charge in [0.05, 0.1) is 11.7 Å². The van der Waals surface area contributed by atoms with E-state index in [2.05, 4.69) is 10.3 Å². The Balaban J connectivity index is 1.50. The van der Waals surface area contributed by atoms with E-state index in [0.717, 1.165) is 11.3 Å². The summed E-state index contributed by atoms with van der Waals surface area (Å²) in [7, 11) is 0. The van der Waals surface area contributed by atoms with E-state index >= 15 is 0 Å². The van der Waals surface area contributed by atoms with Gasteiger partial charge in [-0.2, -0.15) is 0 Å². The van der Waals surface area contributed by atoms with Crippen molar-refractivity contribution in [3.8, 4) is 11.5 Å². The van der Waals surface area contributed by atoms with Crippen LogP contribution in [0.3, 0.4) is 0 Å². The molecule has 1 N–H and O–H groups in total. The molecule has 1 heterocycles. The summed E-state index contributed by atoms with van der Waals surface area (Å²) in [5.41, 5.74) is 2.20. The molecule has 0 bridgehead atoms. The summed E-state index contributed by atoms with van der Waals surface area (Å²) in [5.74, 6) is 0.536. The van der Waals surface area contributed by atoms with Crippen LogP contribution in [0.2, 0.25) is 0 Å². The van der Waals surface area contributed by atoms with Crippen molar-refractivity contribution < 1.29 is 13.9 Å². The van der Waals surface area contributed by atoms with Crippen LogP contribution >= 0.6 is 0 Å². The third-order valence-electron chi connectivity index (χ3n) is 4.56. The van der Waals surface area contributed by atoms with Crippen LogP contribution in [0.5, 0.6) is 11.5 Å². The van der Waals surface area contributed by atoms with Gasteiger partial charge in [0.15, 0.2) is 0 Å². The SMILES string of the molecule is O=C(NC(c1ccccc1)c1ccccn1)c1ccc(Oc2ccc(F)cc2)cc1. The van der Waals surface area contributed by atoms with Gasteiger partial charge in [-0.3, -0.25) is 9.78 Å². The lowest BCUT2D eigenvalue weighted by atomic mass is 10.0. The van der Waals surface area contributed by atoms with Crippen LogP contribution < -0.4 is 10.1 Å². The largest absolute Gasteiger partial charge is 0.457 e. The molecule has 0 spiro atoms. The molecule has 1 unspecified atom stereocenters. The van der Waals surface area contributed by atoms with Gasteiger partial charge in [-0.25, -0.2) is 4.39 Å². The van der Waals surface area contributed by atoms with Gasteiger partial charge in [0, 0.05) is 11.8 Å². The molecular weight excluding hydrogens is 379 g/mol. The zero-order valence-electron chi connectivity index (χ0n) is 16.0. The summed E-state index contributed by atoms with van der Waals surface area (Å²) in [4.78, 5) is 17.3. The number of amides is 1. The minimum atomic E-state index is -0.366. The first-order chi connectivity index (χ1) is 14.7. The number of nitrogens with zero attached hydrogens (tertiary/aromatic N) is 1. The molecule has 1 aromatic heterocycles. The minimum absolute atomic E-state index is 0.220. The monoisotopic (exact) mass is 398 g/mol. The highest BCUT2D eigenvalue weighted by Gasteiger charge is 2.18. The summed E-state index contributed by atoms with van der Waals surface area (Å²) in [5, 5.41) is 3.06. The highest BCUT2D eigenvalue weighted by molar-refractivity contribution is 5.94. The molecule has 0 saturated heterocycles. The van der Waals surface area contributed by atoms with Gasteiger partial charge in [0.2, 0.25) is 0 Å². The summed E-state index contributed by atoms with van der Waals surface area (Å²) < 4.78 is 18.7. The zero-order valence-corrected chi connectivity index (χ0v) is 16.0. The predicted molar refractivity (Wildman–Crippen MR) is 113 cm³/mol. The van der Waals surface area contributed by atoms with E-state index in [1.165, 1.54) is 12.1 Å². The topological polar surface area (TPSA) is 51.2 Å². The van der Waals surface area contributed by atoms with Crippen LogP contribution in [-0.2, 0) is 0 Å². The number of hydrogen-bond acceptors (Lipinski definition) is 3. The van der Waals surface area contributed by atoms with E-state index in [-0.39, 0.29) is 17.8 Å². The number of pyridine rings is 1. The summed E-state index contributed by atoms with van der Waals surface area (Å²) >= 11 is 0. The fraction of sp³-hybridized carbons (Fsp3) is 0.0400. The molecule has 1 atom stereocenters. The average molecular weight is 398 g/mol. The number of carbonyl (C=O) groups is 1. The number of aromatic nitrogens is 1. The van der Waals surface area contributed by atoms with Crippen molar-refractivity contribution in [2.24, 2.45) is 0 Å². The first-order valence-electron chi connectivity index (χ1n) is 9.49. The van der Waals surface area contributed by atoms with Crippen molar-refractivity contribution in [1.29, 1.82) is 0 Å². The summed E-state index contributed by atoms with van der Waals surface area (Å²) in [6, 6.07) is 27.5. The van der Waals surface area contributed by atoms with Crippen LogP contribution in [0.25, 0.3) is 0 Å². The maximum Gasteiger partial charge on any atom is 0.252 e. The van der Waals surface area contributed by atoms with Crippen LogP contribution in [0, 0.1) is 5.82 Å². The first-order valence-corrected chi connectivity index (χ1v) is 9.49. The molecular formula is C25H19FN2O2. The van der Waals surface area contributed by atoms with Gasteiger partial charge in [-0.15, -0.1) is 0 Å². The van der Waals surface area contributed by atoms with Crippen LogP contribution in [0.4, 0.5) is 4.39 Å². The minimum Gasteiger partial charge on any atom is -0.457 e. The molecule has 0 fully saturated rings. The number of benzene rings is 3. The predicted octanol–water partition coefficient (Wildman–Crippen LogP) is 5.53. The van der Waals surface area contributed by atoms with Gasteiger partial charge >= 0.3 is 0 Å². The number of halogens is 1. The maximum absolute atomic E-state index is 13.0. The molecule has 4 rings (SSSR count). The van der Waals surface area contributed by atoms with E-state index in [0.29, 0.717) is 17.1 Å². The number of rotatable bonds is 6. The maximum atomic E-state index is 13.0. The van der Waals surface area contributed by atoms with Crippen molar-refractivity contribution in [2.45, 2.75) is 6.04 Å². The van der Waals surface area contributed by atoms with E-state index in [1.807, 2.05) is 48.5 Å². The number of nitrogens with one attached hydrogen (secondary N) is 1. The van der Waals surface area contributed by atoms with Gasteiger partial charge < -0.3 is 10.1 Å². The van der Waals surface area contributed by atoms with Crippen molar-refractivity contribution in [3.05, 3.63) is 126 Å². The Kier molecular flexibility index (Phi) is 5.80. The van der Waals surface area contributed by atoms with Crippen LogP contribution in [0.15, 0.2) is 103 Å². The molecule has 0 saturated carbocycles. The second kappa shape index (κ2) is 9.01. The quantitative estimate of drug-likeness (QED) is 0.464. The van der Waals surface area contributed by atoms with Crippen LogP contribution in [0.1, 0.15) is 27.7 Å². The molecule has 5 heteroatoms. The number of ether oxygens (including phenoxy) is 1. The van der Waals surface area contributed by atoms with Crippen molar-refractivity contribution in [3.63, 3.8) is 0 Å². The van der Waals surface area contributed by atoms with Crippen molar-refractivity contribution in [2.75, 3.05) is 0 Å². The fourth-order valence-corrected chi connectivity index (χ4v) is 3.05. The highest BCUT2D eigenvalue weighted by atomic mass is 19.1. The van der Waals surface area contributed by atoms with Gasteiger partial charge in [-0.1, -0.05) is 36.4 Å². The second-order valence-corrected chi connectivity index (χ2v) is 6.65. The Morgan fingerprint density at radius 1 is 0.800 bits per heavy atom. The van der Waals surface area contributed by atoms with Gasteiger partial charge in [0.1, 0.15) is 17.3 Å². The third kappa shape index (κ3) is 4.70. The molecule has 3 aromatic carbocycles. The van der Waals surface area contributed by atoms with Crippen LogP contribution in [-0.4, -0.2) is 10.9 Å². The van der Waals surface area contributed by atoms with Crippen molar-refractivity contribution in [1.82, 2.24) is 10.3 Å². The molecule has 1 amide bonds. The zero-order chi connectivity index (χ0) is 20.8. The van der Waals surface area contributed by atoms with Gasteiger partial charge in [-0.05, 0) is 66.2 Å². The molecule has 4 aromatic rings. The van der Waals surface area contributed by atoms with E-state index in [1.54, 1.807) is 42.6 Å². The lowest BCUT2D eigenvalue weighted by Crippen LogP contribution is -2.29. The Morgan fingerprint density at radius 2 is 1.43 bits per heavy atom. The fourth-order valence-electron chi connectivity index (χ4n) is 3.05. The lowest BCUT2D eigenvalue weighted by Gasteiger charge is -2.19. The average Bonchev–Trinajstić information content (AvgIpc) is 2.80. The Labute approximate surface area is 174 Å². The molecule has 0 radical (unpaired) electrons. The Bertz CT molecular complexity index is 1060. The number of hydrogen-bond donors (Lipinski definition) is 1. The molecule has 0 aliphatic rings. The highest BCUT2D eigenvalue weighted by Crippen LogP contribution is 2.23. The molecule has 0 aliphatic heterocycles. The molecule has 30 heavy (non-hydrogen) atoms. The lowest BCUT2D eigenvalue weighted by molar-refractivity contribution is 0.0942. The first kappa shape index (κ1) is 19.3. The van der Waals surface area contributed by atoms with Gasteiger partial charge in [0.25, 0.3) is 5.91 Å². The molecule has 0 aliphatic carbocycles. The summed E-state index contributed by atoms with van der Waals surface area (Å²) in [6.07, 6.45) is 1.71. The summed E-state index contributed by atoms with van der Waals surface area (Å²) in [6.45, 7) is 0.